The largest absolute Gasteiger partial charge is 0.465 e. The molecule has 0 aliphatic heterocycles. The van der Waals surface area contributed by atoms with Crippen molar-refractivity contribution >= 4 is 17.0 Å². The molecular weight excluding hydrogens is 244 g/mol. The Bertz CT molecular complexity index is 757. The van der Waals surface area contributed by atoms with Gasteiger partial charge < -0.3 is 9.72 Å². The number of aryl methyl sites for hydroxylation is 1. The highest BCUT2D eigenvalue weighted by Gasteiger charge is 2.15. The zero-order valence-corrected chi connectivity index (χ0v) is 10.5. The van der Waals surface area contributed by atoms with Crippen LogP contribution in [0, 0.1) is 0 Å². The number of methoxy groups -OCH3 is 1. The van der Waals surface area contributed by atoms with E-state index in [1.165, 1.54) is 7.11 Å². The Morgan fingerprint density at radius 2 is 2.21 bits per heavy atom. The number of hydrogen-bond donors (Lipinski definition) is 1. The molecule has 96 valence electrons. The van der Waals surface area contributed by atoms with Gasteiger partial charge in [-0.05, 0) is 18.2 Å². The second-order valence-electron chi connectivity index (χ2n) is 4.15. The number of benzene rings is 1. The van der Waals surface area contributed by atoms with E-state index in [-0.39, 0.29) is 0 Å². The molecule has 2 heterocycles. The highest BCUT2D eigenvalue weighted by atomic mass is 16.5. The van der Waals surface area contributed by atoms with Crippen molar-refractivity contribution in [2.75, 3.05) is 7.11 Å². The van der Waals surface area contributed by atoms with Gasteiger partial charge in [-0.1, -0.05) is 6.07 Å². The molecule has 19 heavy (non-hydrogen) atoms. The summed E-state index contributed by atoms with van der Waals surface area (Å²) in [7, 11) is 3.19. The van der Waals surface area contributed by atoms with Gasteiger partial charge in [-0.15, -0.1) is 0 Å². The van der Waals surface area contributed by atoms with Crippen LogP contribution in [0.5, 0.6) is 0 Å². The average Bonchev–Trinajstić information content (AvgIpc) is 3.02. The van der Waals surface area contributed by atoms with Gasteiger partial charge in [0.25, 0.3) is 0 Å². The summed E-state index contributed by atoms with van der Waals surface area (Å²) in [5.41, 5.74) is 2.55. The number of fused-ring (bicyclic) bond motifs is 1. The van der Waals surface area contributed by atoms with E-state index in [1.807, 2.05) is 25.4 Å². The number of carbonyl (C=O) groups excluding carboxylic acids is 1. The van der Waals surface area contributed by atoms with Crippen LogP contribution in [0.15, 0.2) is 30.5 Å². The van der Waals surface area contributed by atoms with Gasteiger partial charge in [0.1, 0.15) is 11.2 Å². The second kappa shape index (κ2) is 4.24. The molecule has 6 nitrogen and oxygen atoms in total. The zero-order valence-electron chi connectivity index (χ0n) is 10.5. The molecule has 0 aliphatic rings. The summed E-state index contributed by atoms with van der Waals surface area (Å²) < 4.78 is 6.45. The highest BCUT2D eigenvalue weighted by molar-refractivity contribution is 6.02. The molecule has 1 aromatic carbocycles. The van der Waals surface area contributed by atoms with Gasteiger partial charge in [-0.2, -0.15) is 5.10 Å². The summed E-state index contributed by atoms with van der Waals surface area (Å²) in [5.74, 6) is 0.233. The lowest BCUT2D eigenvalue weighted by Crippen LogP contribution is -2.01. The van der Waals surface area contributed by atoms with E-state index in [4.69, 9.17) is 4.74 Å². The number of aromatic nitrogens is 4. The fraction of sp³-hybridized carbons (Fsp3) is 0.154. The first kappa shape index (κ1) is 11.5. The van der Waals surface area contributed by atoms with Crippen LogP contribution in [0.4, 0.5) is 0 Å². The molecule has 0 atom stereocenters. The molecule has 3 aromatic rings. The van der Waals surface area contributed by atoms with Crippen LogP contribution < -0.4 is 0 Å². The smallest absolute Gasteiger partial charge is 0.340 e. The average molecular weight is 256 g/mol. The van der Waals surface area contributed by atoms with E-state index in [0.29, 0.717) is 16.9 Å². The molecule has 0 saturated carbocycles. The van der Waals surface area contributed by atoms with Crippen molar-refractivity contribution in [3.63, 3.8) is 0 Å². The van der Waals surface area contributed by atoms with Gasteiger partial charge in [0.05, 0.1) is 18.2 Å². The maximum atomic E-state index is 11.7. The Morgan fingerprint density at radius 3 is 2.89 bits per heavy atom. The molecule has 0 amide bonds. The number of para-hydroxylation sites is 1. The van der Waals surface area contributed by atoms with Gasteiger partial charge in [-0.25, -0.2) is 9.78 Å². The van der Waals surface area contributed by atoms with Crippen LogP contribution in [-0.2, 0) is 11.8 Å². The first-order chi connectivity index (χ1) is 9.19. The van der Waals surface area contributed by atoms with Crippen LogP contribution >= 0.6 is 0 Å². The van der Waals surface area contributed by atoms with E-state index >= 15 is 0 Å². The number of carbonyl (C=O) groups is 1. The normalized spacial score (nSPS) is 10.8. The molecule has 6 heteroatoms. The van der Waals surface area contributed by atoms with Crippen molar-refractivity contribution in [3.05, 3.63) is 36.0 Å². The Morgan fingerprint density at radius 1 is 1.37 bits per heavy atom. The first-order valence-corrected chi connectivity index (χ1v) is 5.76. The number of rotatable bonds is 2. The minimum atomic E-state index is -0.398. The number of aromatic amines is 1. The number of esters is 1. The number of nitrogens with zero attached hydrogens (tertiary/aromatic N) is 3. The van der Waals surface area contributed by atoms with Gasteiger partial charge >= 0.3 is 5.97 Å². The summed E-state index contributed by atoms with van der Waals surface area (Å²) in [5, 5.41) is 4.28. The van der Waals surface area contributed by atoms with Crippen molar-refractivity contribution in [3.8, 4) is 11.5 Å². The van der Waals surface area contributed by atoms with Gasteiger partial charge in [0, 0.05) is 13.2 Å². The Balaban J connectivity index is 2.18. The first-order valence-electron chi connectivity index (χ1n) is 5.76. The van der Waals surface area contributed by atoms with E-state index in [0.717, 1.165) is 11.2 Å². The number of ether oxygens (including phenoxy) is 1. The molecule has 0 fully saturated rings. The van der Waals surface area contributed by atoms with Gasteiger partial charge in [-0.3, -0.25) is 4.68 Å². The lowest BCUT2D eigenvalue weighted by Gasteiger charge is -1.98. The van der Waals surface area contributed by atoms with Gasteiger partial charge in [0.2, 0.25) is 0 Å². The minimum absolute atomic E-state index is 0.398. The molecule has 0 saturated heterocycles. The Kier molecular flexibility index (Phi) is 2.56. The summed E-state index contributed by atoms with van der Waals surface area (Å²) in [4.78, 5) is 19.3. The third-order valence-electron chi connectivity index (χ3n) is 2.87. The molecular formula is C13H12N4O2. The van der Waals surface area contributed by atoms with E-state index in [1.54, 1.807) is 16.8 Å². The van der Waals surface area contributed by atoms with Crippen molar-refractivity contribution in [2.24, 2.45) is 7.05 Å². The summed E-state index contributed by atoms with van der Waals surface area (Å²) in [6.07, 6.45) is 1.84. The molecule has 0 unspecified atom stereocenters. The standard InChI is InChI=1S/C13H12N4O2/c1-17-7-6-10(16-17)12-14-9-5-3-4-8(11(9)15-12)13(18)19-2/h3-7H,1-2H3,(H,14,15). The molecule has 0 spiro atoms. The maximum absolute atomic E-state index is 11.7. The monoisotopic (exact) mass is 256 g/mol. The third kappa shape index (κ3) is 1.87. The van der Waals surface area contributed by atoms with Crippen LogP contribution in [0.3, 0.4) is 0 Å². The van der Waals surface area contributed by atoms with Crippen LogP contribution in [0.25, 0.3) is 22.6 Å². The summed E-state index contributed by atoms with van der Waals surface area (Å²) >= 11 is 0. The molecule has 2 aromatic heterocycles. The highest BCUT2D eigenvalue weighted by Crippen LogP contribution is 2.22. The van der Waals surface area contributed by atoms with E-state index in [2.05, 4.69) is 15.1 Å². The second-order valence-corrected chi connectivity index (χ2v) is 4.15. The van der Waals surface area contributed by atoms with Crippen LogP contribution in [-0.4, -0.2) is 32.8 Å². The fourth-order valence-electron chi connectivity index (χ4n) is 1.97. The molecule has 0 radical (unpaired) electrons. The van der Waals surface area contributed by atoms with Crippen molar-refractivity contribution < 1.29 is 9.53 Å². The number of nitrogens with one attached hydrogen (secondary N) is 1. The minimum Gasteiger partial charge on any atom is -0.465 e. The van der Waals surface area contributed by atoms with E-state index in [9.17, 15) is 4.79 Å². The molecule has 3 rings (SSSR count). The number of H-pyrrole nitrogens is 1. The topological polar surface area (TPSA) is 72.8 Å². The third-order valence-corrected chi connectivity index (χ3v) is 2.87. The van der Waals surface area contributed by atoms with E-state index < -0.39 is 5.97 Å². The quantitative estimate of drug-likeness (QED) is 0.709. The molecule has 0 aliphatic carbocycles. The maximum Gasteiger partial charge on any atom is 0.340 e. The SMILES string of the molecule is COC(=O)c1cccc2[nH]c(-c3ccn(C)n3)nc12. The molecule has 0 bridgehead atoms. The Labute approximate surface area is 109 Å². The number of imidazole rings is 1. The van der Waals surface area contributed by atoms with Crippen molar-refractivity contribution in [2.45, 2.75) is 0 Å². The van der Waals surface area contributed by atoms with Crippen molar-refractivity contribution in [1.82, 2.24) is 19.7 Å². The summed E-state index contributed by atoms with van der Waals surface area (Å²) in [6.45, 7) is 0. The van der Waals surface area contributed by atoms with Crippen LogP contribution in [0.1, 0.15) is 10.4 Å². The lowest BCUT2D eigenvalue weighted by atomic mass is 10.2. The lowest BCUT2D eigenvalue weighted by molar-refractivity contribution is 0.0603. The zero-order chi connectivity index (χ0) is 13.4. The van der Waals surface area contributed by atoms with Crippen molar-refractivity contribution in [1.29, 1.82) is 0 Å². The Hall–Kier alpha value is -2.63. The predicted octanol–water partition coefficient (Wildman–Crippen LogP) is 1.75. The number of hydrogen-bond acceptors (Lipinski definition) is 4. The fourth-order valence-corrected chi connectivity index (χ4v) is 1.97. The summed E-state index contributed by atoms with van der Waals surface area (Å²) in [6, 6.07) is 7.20. The molecule has 1 N–H and O–H groups in total. The van der Waals surface area contributed by atoms with Crippen LogP contribution in [0.2, 0.25) is 0 Å². The van der Waals surface area contributed by atoms with Gasteiger partial charge in [0.15, 0.2) is 5.82 Å². The predicted molar refractivity (Wildman–Crippen MR) is 69.6 cm³/mol.